The van der Waals surface area contributed by atoms with E-state index in [1.165, 1.54) is 29.8 Å². The van der Waals surface area contributed by atoms with Gasteiger partial charge in [-0.25, -0.2) is 0 Å². The molecule has 0 aromatic heterocycles. The largest absolute Gasteiger partial charge is 0.498 e. The van der Waals surface area contributed by atoms with Crippen molar-refractivity contribution >= 4 is 14.5 Å². The second-order valence-corrected chi connectivity index (χ2v) is 8.14. The third-order valence-corrected chi connectivity index (χ3v) is 6.20. The predicted octanol–water partition coefficient (Wildman–Crippen LogP) is 3.86. The van der Waals surface area contributed by atoms with Crippen LogP contribution in [-0.2, 0) is 3.79 Å². The first kappa shape index (κ1) is 12.6. The lowest BCUT2D eigenvalue weighted by molar-refractivity contribution is 0.144. The van der Waals surface area contributed by atoms with Crippen LogP contribution in [0.25, 0.3) is 0 Å². The van der Waals surface area contributed by atoms with Crippen LogP contribution in [0.15, 0.2) is 0 Å². The Morgan fingerprint density at radius 2 is 1.93 bits per heavy atom. The van der Waals surface area contributed by atoms with Crippen LogP contribution < -0.4 is 0 Å². The van der Waals surface area contributed by atoms with E-state index in [-0.39, 0.29) is 0 Å². The molecule has 1 fully saturated rings. The van der Waals surface area contributed by atoms with Gasteiger partial charge in [-0.05, 0) is 18.8 Å². The Balaban J connectivity index is 2.28. The minimum absolute atomic E-state index is 0.610. The van der Waals surface area contributed by atoms with Gasteiger partial charge in [-0.3, -0.25) is 0 Å². The van der Waals surface area contributed by atoms with Gasteiger partial charge in [0.2, 0.25) is 0 Å². The molecule has 1 atom stereocenters. The highest BCUT2D eigenvalue weighted by atomic mass is 27.2. The van der Waals surface area contributed by atoms with E-state index in [1.54, 1.807) is 0 Å². The summed E-state index contributed by atoms with van der Waals surface area (Å²) < 4.78 is 6.25. The van der Waals surface area contributed by atoms with Crippen molar-refractivity contribution in [2.24, 2.45) is 11.8 Å². The van der Waals surface area contributed by atoms with E-state index in [0.717, 1.165) is 11.8 Å². The van der Waals surface area contributed by atoms with E-state index in [1.807, 2.05) is 0 Å². The van der Waals surface area contributed by atoms with Gasteiger partial charge in [-0.1, -0.05) is 50.6 Å². The Morgan fingerprint density at radius 3 is 2.50 bits per heavy atom. The van der Waals surface area contributed by atoms with E-state index >= 15 is 0 Å². The molecule has 0 radical (unpaired) electrons. The van der Waals surface area contributed by atoms with Crippen molar-refractivity contribution in [1.29, 1.82) is 0 Å². The maximum absolute atomic E-state index is 6.25. The molecule has 1 heterocycles. The van der Waals surface area contributed by atoms with E-state index in [4.69, 9.17) is 3.79 Å². The fraction of sp³-hybridized carbons (Fsp3) is 1.00. The normalized spacial score (nSPS) is 23.6. The summed E-state index contributed by atoms with van der Waals surface area (Å²) in [6.45, 7) is 9.25. The Morgan fingerprint density at radius 1 is 1.21 bits per heavy atom. The van der Waals surface area contributed by atoms with Crippen LogP contribution in [0.2, 0.25) is 10.6 Å². The van der Waals surface area contributed by atoms with Crippen LogP contribution in [0, 0.1) is 11.8 Å². The number of hydrogen-bond acceptors (Lipinski definition) is 1. The predicted molar refractivity (Wildman–Crippen MR) is 63.8 cm³/mol. The second kappa shape index (κ2) is 6.16. The van der Waals surface area contributed by atoms with Crippen LogP contribution in [0.3, 0.4) is 0 Å². The first-order valence-corrected chi connectivity index (χ1v) is 8.33. The van der Waals surface area contributed by atoms with Gasteiger partial charge in [0, 0.05) is 6.10 Å². The summed E-state index contributed by atoms with van der Waals surface area (Å²) in [6, 6.07) is 0. The van der Waals surface area contributed by atoms with Crippen LogP contribution in [-0.4, -0.2) is 20.6 Å². The Labute approximate surface area is 93.9 Å². The quantitative estimate of drug-likeness (QED) is 0.643. The van der Waals surface area contributed by atoms with E-state index in [2.05, 4.69) is 27.7 Å². The summed E-state index contributed by atoms with van der Waals surface area (Å²) in [4.78, 5) is 0. The molecule has 1 aliphatic heterocycles. The molecule has 1 rings (SSSR count). The zero-order valence-corrected chi connectivity index (χ0v) is 11.4. The van der Waals surface area contributed by atoms with Crippen molar-refractivity contribution in [2.75, 3.05) is 0 Å². The van der Waals surface area contributed by atoms with Crippen LogP contribution in [0.1, 0.15) is 47.0 Å². The fourth-order valence-corrected chi connectivity index (χ4v) is 5.40. The zero-order valence-electron chi connectivity index (χ0n) is 10.3. The molecule has 0 bridgehead atoms. The highest BCUT2D eigenvalue weighted by Gasteiger charge is 2.29. The minimum atomic E-state index is -0.801. The van der Waals surface area contributed by atoms with Crippen LogP contribution in [0.4, 0.5) is 0 Å². The van der Waals surface area contributed by atoms with Gasteiger partial charge in [-0.15, -0.1) is 0 Å². The summed E-state index contributed by atoms with van der Waals surface area (Å²) in [5.41, 5.74) is 0. The molecule has 0 saturated carbocycles. The number of rotatable bonds is 4. The van der Waals surface area contributed by atoms with Crippen molar-refractivity contribution < 1.29 is 3.79 Å². The van der Waals surface area contributed by atoms with Crippen molar-refractivity contribution in [1.82, 2.24) is 0 Å². The summed E-state index contributed by atoms with van der Waals surface area (Å²) in [5, 5.41) is 2.81. The van der Waals surface area contributed by atoms with E-state index in [9.17, 15) is 0 Å². The Kier molecular flexibility index (Phi) is 5.52. The van der Waals surface area contributed by atoms with Gasteiger partial charge >= 0.3 is 14.5 Å². The maximum atomic E-state index is 6.25. The molecule has 2 heteroatoms. The summed E-state index contributed by atoms with van der Waals surface area (Å²) in [5.74, 6) is 1.64. The van der Waals surface area contributed by atoms with Crippen molar-refractivity contribution in [3.63, 3.8) is 0 Å². The van der Waals surface area contributed by atoms with Crippen molar-refractivity contribution in [3.05, 3.63) is 0 Å². The topological polar surface area (TPSA) is 9.23 Å². The molecule has 14 heavy (non-hydrogen) atoms. The molecular formula is C12H25AlO. The summed E-state index contributed by atoms with van der Waals surface area (Å²) in [7, 11) is 0. The SMILES string of the molecule is CC(C)CC1CC[CH2][Al]([CH2]C(C)C)[O]1. The van der Waals surface area contributed by atoms with Gasteiger partial charge in [0.05, 0.1) is 0 Å². The average molecular weight is 212 g/mol. The monoisotopic (exact) mass is 212 g/mol. The lowest BCUT2D eigenvalue weighted by Crippen LogP contribution is -2.32. The van der Waals surface area contributed by atoms with Gasteiger partial charge in [0.25, 0.3) is 0 Å². The summed E-state index contributed by atoms with van der Waals surface area (Å²) in [6.07, 6.45) is 4.64. The van der Waals surface area contributed by atoms with Crippen LogP contribution >= 0.6 is 0 Å². The third kappa shape index (κ3) is 4.82. The van der Waals surface area contributed by atoms with Gasteiger partial charge < -0.3 is 3.79 Å². The molecule has 1 aliphatic rings. The standard InChI is InChI=1S/C8H16O.C4H9.Al/c1-4-5-8(9)6-7(2)3;1-4(2)3;/h7-8H,1,4-6H2,2-3H3;4H,1H2,2-3H3;/q-1;;+1. The molecule has 0 aromatic carbocycles. The lowest BCUT2D eigenvalue weighted by Gasteiger charge is -2.30. The molecule has 0 amide bonds. The molecular weight excluding hydrogens is 187 g/mol. The first-order valence-electron chi connectivity index (χ1n) is 6.23. The molecule has 0 aliphatic carbocycles. The molecule has 1 nitrogen and oxygen atoms in total. The fourth-order valence-electron chi connectivity index (χ4n) is 2.38. The highest BCUT2D eigenvalue weighted by molar-refractivity contribution is 6.52. The van der Waals surface area contributed by atoms with Crippen molar-refractivity contribution in [2.45, 2.75) is 63.6 Å². The van der Waals surface area contributed by atoms with Crippen molar-refractivity contribution in [3.8, 4) is 0 Å². The van der Waals surface area contributed by atoms with Gasteiger partial charge in [-0.2, -0.15) is 0 Å². The minimum Gasteiger partial charge on any atom is -0.498 e. The van der Waals surface area contributed by atoms with Crippen LogP contribution in [0.5, 0.6) is 0 Å². The third-order valence-electron chi connectivity index (χ3n) is 2.91. The smallest absolute Gasteiger partial charge is 0.461 e. The lowest BCUT2D eigenvalue weighted by atomic mass is 10.0. The Bertz CT molecular complexity index is 140. The first-order chi connectivity index (χ1) is 6.58. The Hall–Kier alpha value is 0.492. The molecule has 0 aromatic rings. The molecule has 0 spiro atoms. The van der Waals surface area contributed by atoms with Gasteiger partial charge in [0.1, 0.15) is 0 Å². The van der Waals surface area contributed by atoms with E-state index in [0.29, 0.717) is 6.10 Å². The highest BCUT2D eigenvalue weighted by Crippen LogP contribution is 2.25. The van der Waals surface area contributed by atoms with E-state index < -0.39 is 14.5 Å². The maximum Gasteiger partial charge on any atom is 0.461 e. The number of hydrogen-bond donors (Lipinski definition) is 0. The second-order valence-electron chi connectivity index (χ2n) is 5.57. The molecule has 0 N–H and O–H groups in total. The molecule has 1 saturated heterocycles. The summed E-state index contributed by atoms with van der Waals surface area (Å²) >= 11 is -0.801. The van der Waals surface area contributed by atoms with Gasteiger partial charge in [0.15, 0.2) is 0 Å². The average Bonchev–Trinajstić information content (AvgIpc) is 2.01. The zero-order chi connectivity index (χ0) is 10.6. The molecule has 1 unspecified atom stereocenters. The molecule has 82 valence electrons.